The molecule has 0 bridgehead atoms. The zero-order valence-electron chi connectivity index (χ0n) is 17.7. The number of hydrogen-bond acceptors (Lipinski definition) is 9. The van der Waals surface area contributed by atoms with E-state index in [9.17, 15) is 37.4 Å². The second kappa shape index (κ2) is 9.24. The lowest BCUT2D eigenvalue weighted by atomic mass is 10.0. The quantitative estimate of drug-likeness (QED) is 0.269. The second-order valence-corrected chi connectivity index (χ2v) is 11.6. The summed E-state index contributed by atoms with van der Waals surface area (Å²) in [5.74, 6) is -3.05. The maximum atomic E-state index is 13.2. The van der Waals surface area contributed by atoms with Crippen LogP contribution in [0.4, 0.5) is 0 Å². The number of aliphatic hydroxyl groups excluding tert-OH is 1. The number of hydroxylamine groups is 2. The largest absolute Gasteiger partial charge is 0.384 e. The van der Waals surface area contributed by atoms with Gasteiger partial charge in [0.15, 0.2) is 0 Å². The van der Waals surface area contributed by atoms with Crippen LogP contribution in [-0.2, 0) is 19.9 Å². The number of nitrogens with one attached hydrogen (secondary N) is 1. The highest BCUT2D eigenvalue weighted by Gasteiger charge is 2.49. The summed E-state index contributed by atoms with van der Waals surface area (Å²) in [5.41, 5.74) is 0.643. The Labute approximate surface area is 192 Å². The lowest BCUT2D eigenvalue weighted by Crippen LogP contribution is -2.67. The molecule has 33 heavy (non-hydrogen) atoms. The zero-order valence-corrected chi connectivity index (χ0v) is 19.4. The number of aliphatic hydroxyl groups is 3. The predicted octanol–water partition coefficient (Wildman–Crippen LogP) is 0.437. The molecular formula is C21H26N2O8S2. The van der Waals surface area contributed by atoms with Crippen LogP contribution in [0.15, 0.2) is 71.0 Å². The molecule has 0 amide bonds. The highest BCUT2D eigenvalue weighted by Crippen LogP contribution is 2.32. The fourth-order valence-electron chi connectivity index (χ4n) is 3.66. The van der Waals surface area contributed by atoms with Crippen molar-refractivity contribution in [3.63, 3.8) is 0 Å². The van der Waals surface area contributed by atoms with Crippen LogP contribution in [0.5, 0.6) is 0 Å². The summed E-state index contributed by atoms with van der Waals surface area (Å²) in [6.45, 7) is 4.87. The molecule has 3 rings (SSSR count). The van der Waals surface area contributed by atoms with Gasteiger partial charge in [-0.25, -0.2) is 21.6 Å². The maximum Gasteiger partial charge on any atom is 0.275 e. The molecule has 1 heterocycles. The first-order valence-corrected chi connectivity index (χ1v) is 13.0. The average molecular weight is 499 g/mol. The lowest BCUT2D eigenvalue weighted by molar-refractivity contribution is -0.406. The first-order chi connectivity index (χ1) is 15.3. The molecular weight excluding hydrogens is 472 g/mol. The van der Waals surface area contributed by atoms with E-state index in [1.54, 1.807) is 25.1 Å². The first-order valence-electron chi connectivity index (χ1n) is 9.96. The summed E-state index contributed by atoms with van der Waals surface area (Å²) in [6, 6.07) is 10.5. The third kappa shape index (κ3) is 4.88. The fourth-order valence-corrected chi connectivity index (χ4v) is 6.64. The summed E-state index contributed by atoms with van der Waals surface area (Å²) in [7, 11) is -8.23. The van der Waals surface area contributed by atoms with Gasteiger partial charge in [-0.1, -0.05) is 30.3 Å². The first kappa shape index (κ1) is 25.5. The summed E-state index contributed by atoms with van der Waals surface area (Å²) >= 11 is 0. The van der Waals surface area contributed by atoms with E-state index < -0.39 is 43.2 Å². The number of nitrogens with zero attached hydrogens (tertiary/aromatic N) is 1. The third-order valence-electron chi connectivity index (χ3n) is 5.59. The van der Waals surface area contributed by atoms with Gasteiger partial charge in [0, 0.05) is 6.54 Å². The molecule has 1 fully saturated rings. The predicted molar refractivity (Wildman–Crippen MR) is 118 cm³/mol. The van der Waals surface area contributed by atoms with Gasteiger partial charge in [0.25, 0.3) is 5.91 Å². The van der Waals surface area contributed by atoms with Gasteiger partial charge >= 0.3 is 0 Å². The third-order valence-corrected chi connectivity index (χ3v) is 9.11. The van der Waals surface area contributed by atoms with Gasteiger partial charge in [-0.3, -0.25) is 0 Å². The molecule has 1 aliphatic heterocycles. The van der Waals surface area contributed by atoms with Crippen LogP contribution in [-0.4, -0.2) is 67.0 Å². The Morgan fingerprint density at radius 3 is 2.36 bits per heavy atom. The Balaban J connectivity index is 1.97. The van der Waals surface area contributed by atoms with Crippen molar-refractivity contribution in [1.29, 1.82) is 0 Å². The summed E-state index contributed by atoms with van der Waals surface area (Å²) in [6.07, 6.45) is -1.06. The van der Waals surface area contributed by atoms with E-state index in [2.05, 4.69) is 11.3 Å². The number of rotatable bonds is 7. The van der Waals surface area contributed by atoms with Crippen LogP contribution in [0, 0.1) is 6.92 Å². The highest BCUT2D eigenvalue weighted by atomic mass is 32.2. The number of sulfonamides is 1. The topological polar surface area (TPSA) is 164 Å². The monoisotopic (exact) mass is 498 g/mol. The maximum absolute atomic E-state index is 13.2. The minimum Gasteiger partial charge on any atom is -0.384 e. The zero-order chi connectivity index (χ0) is 24.6. The van der Waals surface area contributed by atoms with E-state index in [1.165, 1.54) is 30.3 Å². The van der Waals surface area contributed by atoms with E-state index in [4.69, 9.17) is 0 Å². The molecule has 1 aliphatic rings. The molecule has 3 atom stereocenters. The van der Waals surface area contributed by atoms with Crippen LogP contribution >= 0.6 is 0 Å². The summed E-state index contributed by atoms with van der Waals surface area (Å²) < 4.78 is 54.6. The Hall–Kier alpha value is -2.16. The van der Waals surface area contributed by atoms with Crippen LogP contribution < -0.4 is 4.72 Å². The molecule has 12 heteroatoms. The van der Waals surface area contributed by atoms with E-state index in [-0.39, 0.29) is 33.4 Å². The van der Waals surface area contributed by atoms with Crippen molar-refractivity contribution >= 4 is 19.9 Å². The molecule has 0 spiro atoms. The van der Waals surface area contributed by atoms with Crippen molar-refractivity contribution in [3.05, 3.63) is 72.3 Å². The van der Waals surface area contributed by atoms with Crippen LogP contribution in [0.3, 0.4) is 0 Å². The van der Waals surface area contributed by atoms with Gasteiger partial charge < -0.3 is 20.5 Å². The number of sulfone groups is 1. The van der Waals surface area contributed by atoms with Gasteiger partial charge in [-0.2, -0.15) is 0 Å². The average Bonchev–Trinajstić information content (AvgIpc) is 2.76. The Morgan fingerprint density at radius 1 is 1.12 bits per heavy atom. The molecule has 5 N–H and O–H groups in total. The minimum atomic E-state index is -4.32. The number of piperidine rings is 1. The summed E-state index contributed by atoms with van der Waals surface area (Å²) in [4.78, 5) is -0.0493. The van der Waals surface area contributed by atoms with Gasteiger partial charge in [0.05, 0.1) is 15.8 Å². The van der Waals surface area contributed by atoms with Gasteiger partial charge in [-0.05, 0) is 48.7 Å². The molecule has 1 saturated heterocycles. The number of benzene rings is 2. The van der Waals surface area contributed by atoms with Gasteiger partial charge in [0.1, 0.15) is 11.4 Å². The van der Waals surface area contributed by atoms with Crippen molar-refractivity contribution in [2.45, 2.75) is 46.4 Å². The van der Waals surface area contributed by atoms with Crippen LogP contribution in [0.2, 0.25) is 0 Å². The van der Waals surface area contributed by atoms with E-state index in [0.29, 0.717) is 5.56 Å². The van der Waals surface area contributed by atoms with Crippen molar-refractivity contribution in [2.75, 3.05) is 6.54 Å². The molecule has 0 aliphatic carbocycles. The van der Waals surface area contributed by atoms with E-state index >= 15 is 0 Å². The molecule has 180 valence electrons. The van der Waals surface area contributed by atoms with Crippen LogP contribution in [0.1, 0.15) is 22.8 Å². The second-order valence-electron chi connectivity index (χ2n) is 7.80. The van der Waals surface area contributed by atoms with Crippen molar-refractivity contribution in [1.82, 2.24) is 9.79 Å². The molecule has 10 nitrogen and oxygen atoms in total. The summed E-state index contributed by atoms with van der Waals surface area (Å²) in [5, 5.41) is 38.0. The number of aryl methyl sites for hydroxylation is 1. The minimum absolute atomic E-state index is 0.0528. The normalized spacial score (nSPS) is 22.6. The molecule has 3 unspecified atom stereocenters. The molecule has 2 aromatic rings. The van der Waals surface area contributed by atoms with Crippen molar-refractivity contribution in [2.24, 2.45) is 0 Å². The number of hydrogen-bond donors (Lipinski definition) is 5. The van der Waals surface area contributed by atoms with Gasteiger partial charge in [-0.15, -0.1) is 11.6 Å². The van der Waals surface area contributed by atoms with E-state index in [1.807, 2.05) is 0 Å². The van der Waals surface area contributed by atoms with E-state index in [0.717, 1.165) is 6.08 Å². The molecule has 0 aromatic heterocycles. The molecule has 0 radical (unpaired) electrons. The highest BCUT2D eigenvalue weighted by molar-refractivity contribution is 7.91. The fraction of sp³-hybridized carbons (Fsp3) is 0.333. The van der Waals surface area contributed by atoms with Crippen LogP contribution in [0.25, 0.3) is 0 Å². The molecule has 0 saturated carbocycles. The standard InChI is InChI=1S/C21H26N2O8S2/c1-3-19(33(30,31)22-18-11-12-23(27)21(25,26)20(18)24)17-13-16(10-9-14(17)2)32(28,29)15-7-5-4-6-8-15/h3-10,13,18-20,22,24-27H,1,11-12H2,2H3. The SMILES string of the molecule is C=CC(c1cc(S(=O)(=O)c2ccccc2)ccc1C)S(=O)(=O)NC1CCN(O)C(O)(O)C1O. The van der Waals surface area contributed by atoms with Gasteiger partial charge in [0.2, 0.25) is 19.9 Å². The molecule has 2 aromatic carbocycles. The smallest absolute Gasteiger partial charge is 0.275 e. The van der Waals surface area contributed by atoms with Crippen molar-refractivity contribution in [3.8, 4) is 0 Å². The van der Waals surface area contributed by atoms with Crippen molar-refractivity contribution < 1.29 is 37.4 Å². The Bertz CT molecular complexity index is 1230. The Morgan fingerprint density at radius 2 is 1.76 bits per heavy atom. The Kier molecular flexibility index (Phi) is 7.13. The lowest BCUT2D eigenvalue weighted by Gasteiger charge is -2.42.